The third-order valence-corrected chi connectivity index (χ3v) is 2.06. The molecule has 0 aliphatic carbocycles. The van der Waals surface area contributed by atoms with Gasteiger partial charge in [-0.25, -0.2) is 0 Å². The second kappa shape index (κ2) is 6.49. The molecule has 0 bridgehead atoms. The van der Waals surface area contributed by atoms with Crippen LogP contribution in [0.15, 0.2) is 0 Å². The van der Waals surface area contributed by atoms with Crippen molar-refractivity contribution >= 4 is 17.7 Å². The van der Waals surface area contributed by atoms with E-state index in [4.69, 9.17) is 5.73 Å². The smallest absolute Gasteiger partial charge is 0.322 e. The molecule has 0 aromatic rings. The lowest BCUT2D eigenvalue weighted by Crippen LogP contribution is -2.31. The molecule has 0 fully saturated rings. The van der Waals surface area contributed by atoms with Crippen LogP contribution in [0.2, 0.25) is 0 Å². The number of esters is 1. The maximum absolute atomic E-state index is 10.8. The molecule has 4 heteroatoms. The number of thioether (sulfide) groups is 1. The maximum atomic E-state index is 10.8. The van der Waals surface area contributed by atoms with Crippen molar-refractivity contribution < 1.29 is 9.53 Å². The Kier molecular flexibility index (Phi) is 6.36. The molecule has 0 aromatic carbocycles. The van der Waals surface area contributed by atoms with E-state index in [0.717, 1.165) is 12.2 Å². The van der Waals surface area contributed by atoms with Crippen LogP contribution in [-0.4, -0.2) is 31.1 Å². The van der Waals surface area contributed by atoms with Gasteiger partial charge < -0.3 is 10.5 Å². The van der Waals surface area contributed by atoms with E-state index in [1.54, 1.807) is 11.8 Å². The van der Waals surface area contributed by atoms with Crippen molar-refractivity contribution in [3.8, 4) is 0 Å². The number of hydrogen-bond donors (Lipinski definition) is 1. The van der Waals surface area contributed by atoms with Crippen LogP contribution in [0.5, 0.6) is 0 Å². The molecule has 0 heterocycles. The van der Waals surface area contributed by atoms with Gasteiger partial charge in [0.05, 0.1) is 7.11 Å². The topological polar surface area (TPSA) is 52.3 Å². The average Bonchev–Trinajstić information content (AvgIpc) is 2.03. The summed E-state index contributed by atoms with van der Waals surface area (Å²) >= 11 is 1.76. The molecule has 2 N–H and O–H groups in total. The van der Waals surface area contributed by atoms with Gasteiger partial charge in [-0.15, -0.1) is 0 Å². The Balaban J connectivity index is 3.36. The second-order valence-corrected chi connectivity index (χ2v) is 3.25. The standard InChI is InChI=1S/C7H15NO2S/c1-10-7(9)6(8)4-3-5-11-2/h6H,3-5,8H2,1-2H3/t6-/m0/s1. The first-order chi connectivity index (χ1) is 5.22. The molecule has 0 saturated carbocycles. The monoisotopic (exact) mass is 177 g/mol. The van der Waals surface area contributed by atoms with Crippen LogP contribution in [-0.2, 0) is 9.53 Å². The molecule has 0 aliphatic rings. The van der Waals surface area contributed by atoms with Crippen molar-refractivity contribution in [2.75, 3.05) is 19.1 Å². The number of carbonyl (C=O) groups excluding carboxylic acids is 1. The highest BCUT2D eigenvalue weighted by Gasteiger charge is 2.11. The molecule has 0 amide bonds. The minimum Gasteiger partial charge on any atom is -0.468 e. The van der Waals surface area contributed by atoms with Gasteiger partial charge in [-0.3, -0.25) is 4.79 Å². The lowest BCUT2D eigenvalue weighted by molar-refractivity contribution is -0.142. The summed E-state index contributed by atoms with van der Waals surface area (Å²) in [6, 6.07) is -0.438. The van der Waals surface area contributed by atoms with Crippen LogP contribution >= 0.6 is 11.8 Å². The molecule has 3 nitrogen and oxygen atoms in total. The Labute approximate surface area is 71.7 Å². The number of rotatable bonds is 5. The molecule has 0 radical (unpaired) electrons. The molecule has 1 atom stereocenters. The van der Waals surface area contributed by atoms with Gasteiger partial charge in [0.1, 0.15) is 6.04 Å². The van der Waals surface area contributed by atoms with Crippen LogP contribution in [0.4, 0.5) is 0 Å². The molecule has 0 aromatic heterocycles. The molecular formula is C7H15NO2S. The summed E-state index contributed by atoms with van der Waals surface area (Å²) in [5, 5.41) is 0. The molecule has 0 spiro atoms. The Hall–Kier alpha value is -0.220. The zero-order valence-corrected chi connectivity index (χ0v) is 7.82. The zero-order chi connectivity index (χ0) is 8.69. The fraction of sp³-hybridized carbons (Fsp3) is 0.857. The summed E-state index contributed by atoms with van der Waals surface area (Å²) in [6.07, 6.45) is 3.72. The number of ether oxygens (including phenoxy) is 1. The van der Waals surface area contributed by atoms with E-state index in [1.165, 1.54) is 7.11 Å². The minimum absolute atomic E-state index is 0.314. The highest BCUT2D eigenvalue weighted by Crippen LogP contribution is 2.02. The summed E-state index contributed by atoms with van der Waals surface area (Å²) in [5.41, 5.74) is 5.48. The lowest BCUT2D eigenvalue weighted by atomic mass is 10.2. The SMILES string of the molecule is COC(=O)[C@@H](N)CCCSC. The quantitative estimate of drug-likeness (QED) is 0.494. The molecule has 0 unspecified atom stereocenters. The van der Waals surface area contributed by atoms with Crippen molar-refractivity contribution in [3.63, 3.8) is 0 Å². The predicted molar refractivity (Wildman–Crippen MR) is 47.6 cm³/mol. The fourth-order valence-electron chi connectivity index (χ4n) is 0.717. The Bertz CT molecular complexity index is 119. The van der Waals surface area contributed by atoms with Crippen molar-refractivity contribution in [3.05, 3.63) is 0 Å². The lowest BCUT2D eigenvalue weighted by Gasteiger charge is -2.07. The summed E-state index contributed by atoms with van der Waals surface area (Å²) in [4.78, 5) is 10.8. The highest BCUT2D eigenvalue weighted by molar-refractivity contribution is 7.98. The van der Waals surface area contributed by atoms with Crippen molar-refractivity contribution in [2.45, 2.75) is 18.9 Å². The van der Waals surface area contributed by atoms with Gasteiger partial charge in [0, 0.05) is 0 Å². The van der Waals surface area contributed by atoms with Crippen LogP contribution in [0.25, 0.3) is 0 Å². The van der Waals surface area contributed by atoms with Crippen LogP contribution in [0.3, 0.4) is 0 Å². The number of nitrogens with two attached hydrogens (primary N) is 1. The maximum Gasteiger partial charge on any atom is 0.322 e. The van der Waals surface area contributed by atoms with Gasteiger partial charge in [-0.2, -0.15) is 11.8 Å². The van der Waals surface area contributed by atoms with Crippen molar-refractivity contribution in [2.24, 2.45) is 5.73 Å². The van der Waals surface area contributed by atoms with Gasteiger partial charge in [0.15, 0.2) is 0 Å². The van der Waals surface area contributed by atoms with E-state index in [-0.39, 0.29) is 5.97 Å². The first kappa shape index (κ1) is 10.8. The molecular weight excluding hydrogens is 162 g/mol. The Morgan fingerprint density at radius 3 is 2.82 bits per heavy atom. The molecule has 66 valence electrons. The summed E-state index contributed by atoms with van der Waals surface area (Å²) < 4.78 is 4.47. The second-order valence-electron chi connectivity index (χ2n) is 2.26. The van der Waals surface area contributed by atoms with E-state index in [1.807, 2.05) is 6.26 Å². The Morgan fingerprint density at radius 2 is 2.36 bits per heavy atom. The molecule has 11 heavy (non-hydrogen) atoms. The van der Waals surface area contributed by atoms with Crippen LogP contribution < -0.4 is 5.73 Å². The van der Waals surface area contributed by atoms with Crippen LogP contribution in [0.1, 0.15) is 12.8 Å². The average molecular weight is 177 g/mol. The Morgan fingerprint density at radius 1 is 1.73 bits per heavy atom. The van der Waals surface area contributed by atoms with E-state index >= 15 is 0 Å². The first-order valence-electron chi connectivity index (χ1n) is 3.54. The highest BCUT2D eigenvalue weighted by atomic mass is 32.2. The third-order valence-electron chi connectivity index (χ3n) is 1.37. The van der Waals surface area contributed by atoms with E-state index in [9.17, 15) is 4.79 Å². The van der Waals surface area contributed by atoms with Gasteiger partial charge in [-0.1, -0.05) is 0 Å². The molecule has 0 aliphatic heterocycles. The number of carbonyl (C=O) groups is 1. The largest absolute Gasteiger partial charge is 0.468 e. The third kappa shape index (κ3) is 5.09. The minimum atomic E-state index is -0.438. The zero-order valence-electron chi connectivity index (χ0n) is 7.00. The van der Waals surface area contributed by atoms with Gasteiger partial charge >= 0.3 is 5.97 Å². The summed E-state index contributed by atoms with van der Waals surface area (Å²) in [5.74, 6) is 0.733. The van der Waals surface area contributed by atoms with Gasteiger partial charge in [0.2, 0.25) is 0 Å². The van der Waals surface area contributed by atoms with E-state index in [2.05, 4.69) is 4.74 Å². The van der Waals surface area contributed by atoms with Crippen molar-refractivity contribution in [1.29, 1.82) is 0 Å². The van der Waals surface area contributed by atoms with Crippen LogP contribution in [0, 0.1) is 0 Å². The van der Waals surface area contributed by atoms with Crippen molar-refractivity contribution in [1.82, 2.24) is 0 Å². The van der Waals surface area contributed by atoms with Gasteiger partial charge in [0.25, 0.3) is 0 Å². The molecule has 0 rings (SSSR count). The van der Waals surface area contributed by atoms with Gasteiger partial charge in [-0.05, 0) is 24.9 Å². The van der Waals surface area contributed by atoms with E-state index in [0.29, 0.717) is 6.42 Å². The predicted octanol–water partition coefficient (Wildman–Crippen LogP) is 0.630. The summed E-state index contributed by atoms with van der Waals surface area (Å²) in [7, 11) is 1.36. The normalized spacial score (nSPS) is 12.6. The first-order valence-corrected chi connectivity index (χ1v) is 4.94. The fourth-order valence-corrected chi connectivity index (χ4v) is 1.17. The van der Waals surface area contributed by atoms with E-state index < -0.39 is 6.04 Å². The molecule has 0 saturated heterocycles. The number of hydrogen-bond acceptors (Lipinski definition) is 4. The summed E-state index contributed by atoms with van der Waals surface area (Å²) in [6.45, 7) is 0. The number of methoxy groups -OCH3 is 1.